The number of aromatic nitrogens is 2. The molecule has 0 aliphatic carbocycles. The third-order valence-corrected chi connectivity index (χ3v) is 1.24. The highest BCUT2D eigenvalue weighted by Gasteiger charge is 1.86. The molecule has 1 heterocycles. The van der Waals surface area contributed by atoms with Crippen molar-refractivity contribution < 1.29 is 0 Å². The van der Waals surface area contributed by atoms with Crippen LogP contribution in [0.1, 0.15) is 19.8 Å². The minimum absolute atomic E-state index is 1.03. The van der Waals surface area contributed by atoms with Gasteiger partial charge in [-0.3, -0.25) is 4.68 Å². The van der Waals surface area contributed by atoms with E-state index in [4.69, 9.17) is 0 Å². The second-order valence-electron chi connectivity index (χ2n) is 2.06. The summed E-state index contributed by atoms with van der Waals surface area (Å²) in [6.45, 7) is 3.20. The van der Waals surface area contributed by atoms with Crippen LogP contribution in [0.4, 0.5) is 0 Å². The minimum Gasteiger partial charge on any atom is -0.272 e. The van der Waals surface area contributed by atoms with Crippen LogP contribution < -0.4 is 0 Å². The van der Waals surface area contributed by atoms with E-state index in [-0.39, 0.29) is 0 Å². The van der Waals surface area contributed by atoms with E-state index in [1.165, 1.54) is 12.8 Å². The number of hydrogen-bond acceptors (Lipinski definition) is 1. The van der Waals surface area contributed by atoms with Gasteiger partial charge in [-0.2, -0.15) is 5.10 Å². The number of unbranched alkanes of at least 4 members (excludes halogenated alkanes) is 1. The van der Waals surface area contributed by atoms with Crippen LogP contribution >= 0.6 is 0 Å². The largest absolute Gasteiger partial charge is 0.272 e. The van der Waals surface area contributed by atoms with Crippen molar-refractivity contribution in [1.82, 2.24) is 9.78 Å². The van der Waals surface area contributed by atoms with E-state index in [2.05, 4.69) is 18.1 Å². The predicted octanol–water partition coefficient (Wildman–Crippen LogP) is 1.48. The summed E-state index contributed by atoms with van der Waals surface area (Å²) in [6, 6.07) is 2.89. The Morgan fingerprint density at radius 1 is 1.67 bits per heavy atom. The molecule has 0 fully saturated rings. The van der Waals surface area contributed by atoms with E-state index in [9.17, 15) is 0 Å². The molecule has 0 atom stereocenters. The van der Waals surface area contributed by atoms with Gasteiger partial charge in [-0.15, -0.1) is 0 Å². The zero-order valence-electron chi connectivity index (χ0n) is 5.67. The van der Waals surface area contributed by atoms with Crippen molar-refractivity contribution >= 4 is 0 Å². The minimum atomic E-state index is 1.03. The van der Waals surface area contributed by atoms with E-state index in [0.717, 1.165) is 6.54 Å². The lowest BCUT2D eigenvalue weighted by Crippen LogP contribution is -1.96. The van der Waals surface area contributed by atoms with Gasteiger partial charge in [0.25, 0.3) is 0 Å². The highest BCUT2D eigenvalue weighted by Crippen LogP contribution is 1.91. The molecule has 0 spiro atoms. The lowest BCUT2D eigenvalue weighted by molar-refractivity contribution is 0.572. The van der Waals surface area contributed by atoms with Crippen molar-refractivity contribution in [2.75, 3.05) is 0 Å². The molecular weight excluding hydrogens is 112 g/mol. The molecule has 1 rings (SSSR count). The molecule has 0 saturated carbocycles. The average molecular weight is 123 g/mol. The van der Waals surface area contributed by atoms with Gasteiger partial charge in [0.2, 0.25) is 0 Å². The van der Waals surface area contributed by atoms with Crippen LogP contribution in [0.15, 0.2) is 12.4 Å². The molecule has 0 aromatic carbocycles. The molecule has 0 aliphatic rings. The molecule has 0 unspecified atom stereocenters. The Hall–Kier alpha value is -0.790. The van der Waals surface area contributed by atoms with Crippen molar-refractivity contribution in [2.45, 2.75) is 26.3 Å². The summed E-state index contributed by atoms with van der Waals surface area (Å²) in [5.74, 6) is 0. The van der Waals surface area contributed by atoms with Crippen LogP contribution in [-0.2, 0) is 6.54 Å². The Morgan fingerprint density at radius 2 is 2.56 bits per heavy atom. The molecule has 0 saturated heterocycles. The summed E-state index contributed by atoms with van der Waals surface area (Å²) in [5, 5.41) is 4.01. The Bertz CT molecular complexity index is 144. The Balaban J connectivity index is 2.30. The average Bonchev–Trinajstić information content (AvgIpc) is 2.34. The number of aryl methyl sites for hydroxylation is 1. The van der Waals surface area contributed by atoms with Crippen LogP contribution in [0.25, 0.3) is 0 Å². The molecule has 49 valence electrons. The molecule has 9 heavy (non-hydrogen) atoms. The van der Waals surface area contributed by atoms with Gasteiger partial charge in [0, 0.05) is 18.8 Å². The van der Waals surface area contributed by atoms with E-state index in [1.54, 1.807) is 6.20 Å². The lowest BCUT2D eigenvalue weighted by Gasteiger charge is -1.95. The van der Waals surface area contributed by atoms with E-state index in [1.807, 2.05) is 10.9 Å². The second kappa shape index (κ2) is 3.28. The maximum Gasteiger partial charge on any atom is 0.0569 e. The lowest BCUT2D eigenvalue weighted by atomic mass is 10.3. The summed E-state index contributed by atoms with van der Waals surface area (Å²) in [4.78, 5) is 0. The SMILES string of the molecule is CCCCn1c[c]cn1. The first-order chi connectivity index (χ1) is 4.43. The van der Waals surface area contributed by atoms with Crippen molar-refractivity contribution in [2.24, 2.45) is 0 Å². The highest BCUT2D eigenvalue weighted by atomic mass is 15.3. The monoisotopic (exact) mass is 123 g/mol. The van der Waals surface area contributed by atoms with Crippen molar-refractivity contribution in [3.63, 3.8) is 0 Å². The fraction of sp³-hybridized carbons (Fsp3) is 0.571. The Kier molecular flexibility index (Phi) is 2.31. The fourth-order valence-electron chi connectivity index (χ4n) is 0.703. The molecule has 1 aromatic rings. The van der Waals surface area contributed by atoms with Crippen LogP contribution in [-0.4, -0.2) is 9.78 Å². The zero-order valence-corrected chi connectivity index (χ0v) is 5.67. The number of hydrogen-bond donors (Lipinski definition) is 0. The maximum atomic E-state index is 4.01. The van der Waals surface area contributed by atoms with E-state index >= 15 is 0 Å². The summed E-state index contributed by atoms with van der Waals surface area (Å²) < 4.78 is 1.91. The van der Waals surface area contributed by atoms with Gasteiger partial charge >= 0.3 is 0 Å². The predicted molar refractivity (Wildman–Crippen MR) is 36.0 cm³/mol. The molecule has 0 bridgehead atoms. The van der Waals surface area contributed by atoms with Gasteiger partial charge in [0.15, 0.2) is 0 Å². The summed E-state index contributed by atoms with van der Waals surface area (Å²) in [7, 11) is 0. The highest BCUT2D eigenvalue weighted by molar-refractivity contribution is 4.73. The summed E-state index contributed by atoms with van der Waals surface area (Å²) >= 11 is 0. The Morgan fingerprint density at radius 3 is 3.11 bits per heavy atom. The first-order valence-corrected chi connectivity index (χ1v) is 3.32. The smallest absolute Gasteiger partial charge is 0.0569 e. The zero-order chi connectivity index (χ0) is 6.53. The standard InChI is InChI=1S/C7H11N2/c1-2-3-6-9-7-4-5-8-9/h5,7H,2-3,6H2,1H3. The van der Waals surface area contributed by atoms with Gasteiger partial charge < -0.3 is 0 Å². The maximum absolute atomic E-state index is 4.01. The van der Waals surface area contributed by atoms with Crippen LogP contribution in [0, 0.1) is 6.07 Å². The van der Waals surface area contributed by atoms with E-state index in [0.29, 0.717) is 0 Å². The Labute approximate surface area is 55.5 Å². The first-order valence-electron chi connectivity index (χ1n) is 3.32. The summed E-state index contributed by atoms with van der Waals surface area (Å²) in [5.41, 5.74) is 0. The van der Waals surface area contributed by atoms with Crippen LogP contribution in [0.2, 0.25) is 0 Å². The van der Waals surface area contributed by atoms with Gasteiger partial charge in [0.1, 0.15) is 0 Å². The van der Waals surface area contributed by atoms with Crippen molar-refractivity contribution in [3.8, 4) is 0 Å². The number of nitrogens with zero attached hydrogens (tertiary/aromatic N) is 2. The van der Waals surface area contributed by atoms with Crippen LogP contribution in [0.3, 0.4) is 0 Å². The molecular formula is C7H11N2. The van der Waals surface area contributed by atoms with Gasteiger partial charge in [-0.1, -0.05) is 13.3 Å². The molecule has 1 radical (unpaired) electrons. The number of rotatable bonds is 3. The van der Waals surface area contributed by atoms with Crippen molar-refractivity contribution in [3.05, 3.63) is 18.5 Å². The van der Waals surface area contributed by atoms with Gasteiger partial charge in [-0.25, -0.2) is 0 Å². The molecule has 1 aromatic heterocycles. The van der Waals surface area contributed by atoms with E-state index < -0.39 is 0 Å². The fourth-order valence-corrected chi connectivity index (χ4v) is 0.703. The van der Waals surface area contributed by atoms with Gasteiger partial charge in [-0.05, 0) is 6.42 Å². The third-order valence-electron chi connectivity index (χ3n) is 1.24. The van der Waals surface area contributed by atoms with Gasteiger partial charge in [0.05, 0.1) is 6.20 Å². The molecule has 2 nitrogen and oxygen atoms in total. The first kappa shape index (κ1) is 6.33. The normalized spacial score (nSPS) is 9.89. The quantitative estimate of drug-likeness (QED) is 0.595. The topological polar surface area (TPSA) is 17.8 Å². The molecule has 0 amide bonds. The van der Waals surface area contributed by atoms with Crippen molar-refractivity contribution in [1.29, 1.82) is 0 Å². The third kappa shape index (κ3) is 1.88. The molecule has 2 heteroatoms. The van der Waals surface area contributed by atoms with Crippen LogP contribution in [0.5, 0.6) is 0 Å². The molecule has 0 N–H and O–H groups in total. The second-order valence-corrected chi connectivity index (χ2v) is 2.06. The summed E-state index contributed by atoms with van der Waals surface area (Å²) in [6.07, 6.45) is 5.99. The molecule has 0 aliphatic heterocycles.